The number of sulfonamides is 1. The number of nitrogens with zero attached hydrogens (tertiary/aromatic N) is 2. The zero-order chi connectivity index (χ0) is 28.5. The van der Waals surface area contributed by atoms with Gasteiger partial charge in [0.2, 0.25) is 21.8 Å². The molecule has 3 atom stereocenters. The molecule has 2 fully saturated rings. The number of benzene rings is 2. The lowest BCUT2D eigenvalue weighted by molar-refractivity contribution is -0.144. The molecule has 0 aromatic heterocycles. The van der Waals surface area contributed by atoms with Gasteiger partial charge in [0, 0.05) is 30.7 Å². The van der Waals surface area contributed by atoms with Gasteiger partial charge in [-0.25, -0.2) is 13.2 Å². The van der Waals surface area contributed by atoms with Crippen molar-refractivity contribution in [1.82, 2.24) is 19.8 Å². The molecule has 2 N–H and O–H groups in total. The van der Waals surface area contributed by atoms with Gasteiger partial charge in [0.15, 0.2) is 0 Å². The van der Waals surface area contributed by atoms with Crippen molar-refractivity contribution in [2.75, 3.05) is 19.6 Å². The molecule has 0 spiro atoms. The van der Waals surface area contributed by atoms with Gasteiger partial charge in [-0.15, -0.1) is 0 Å². The minimum atomic E-state index is -3.98. The van der Waals surface area contributed by atoms with E-state index in [1.54, 1.807) is 56.9 Å². The van der Waals surface area contributed by atoms with Crippen LogP contribution in [-0.4, -0.2) is 79.5 Å². The maximum absolute atomic E-state index is 13.3. The standard InChI is InChI=1S/C27H35ClN4O6S/c1-17(24(33)31-12-5-6-21(16-31)29-26(35)38-27(2,3)4)32-13-11-23(25(32)34)30-39(36,37)22-10-8-18-14-20(28)9-7-19(18)15-22/h7-10,14-15,17,21,23,30H,5-6,11-13,16H2,1-4H3,(H,29,35)/t17-,21?,23-/m0/s1. The van der Waals surface area contributed by atoms with E-state index in [4.69, 9.17) is 16.3 Å². The highest BCUT2D eigenvalue weighted by Crippen LogP contribution is 2.24. The predicted molar refractivity (Wildman–Crippen MR) is 148 cm³/mol. The average Bonchev–Trinajstić information content (AvgIpc) is 3.20. The SMILES string of the molecule is C[C@@H](C(=O)N1CCCC(NC(=O)OC(C)(C)C)C1)N1CC[C@H](NS(=O)(=O)c2ccc3cc(Cl)ccc3c2)C1=O. The van der Waals surface area contributed by atoms with E-state index >= 15 is 0 Å². The van der Waals surface area contributed by atoms with Crippen molar-refractivity contribution in [3.8, 4) is 0 Å². The van der Waals surface area contributed by atoms with Crippen LogP contribution in [-0.2, 0) is 24.3 Å². The van der Waals surface area contributed by atoms with Gasteiger partial charge in [0.1, 0.15) is 17.7 Å². The van der Waals surface area contributed by atoms with Gasteiger partial charge >= 0.3 is 6.09 Å². The van der Waals surface area contributed by atoms with Crippen LogP contribution in [0.2, 0.25) is 5.02 Å². The van der Waals surface area contributed by atoms with Crippen LogP contribution in [0.25, 0.3) is 10.8 Å². The summed E-state index contributed by atoms with van der Waals surface area (Å²) in [5.74, 6) is -0.678. The maximum atomic E-state index is 13.3. The number of ether oxygens (including phenoxy) is 1. The Balaban J connectivity index is 1.37. The van der Waals surface area contributed by atoms with E-state index in [0.717, 1.165) is 5.39 Å². The Morgan fingerprint density at radius 2 is 1.77 bits per heavy atom. The van der Waals surface area contributed by atoms with Crippen molar-refractivity contribution in [1.29, 1.82) is 0 Å². The van der Waals surface area contributed by atoms with E-state index in [1.807, 2.05) is 0 Å². The molecular formula is C27H35ClN4O6S. The van der Waals surface area contributed by atoms with Gasteiger partial charge in [-0.2, -0.15) is 4.72 Å². The molecule has 2 saturated heterocycles. The highest BCUT2D eigenvalue weighted by Gasteiger charge is 2.40. The quantitative estimate of drug-likeness (QED) is 0.542. The van der Waals surface area contributed by atoms with Gasteiger partial charge in [-0.05, 0) is 82.0 Å². The Hall–Kier alpha value is -2.89. The molecular weight excluding hydrogens is 544 g/mol. The molecule has 4 rings (SSSR count). The summed E-state index contributed by atoms with van der Waals surface area (Å²) in [6.07, 6.45) is 1.13. The minimum Gasteiger partial charge on any atom is -0.444 e. The van der Waals surface area contributed by atoms with Crippen LogP contribution in [0.5, 0.6) is 0 Å². The number of nitrogens with one attached hydrogen (secondary N) is 2. The highest BCUT2D eigenvalue weighted by atomic mass is 35.5. The first-order chi connectivity index (χ1) is 18.2. The number of amides is 3. The monoisotopic (exact) mass is 578 g/mol. The molecule has 39 heavy (non-hydrogen) atoms. The number of hydrogen-bond acceptors (Lipinski definition) is 6. The van der Waals surface area contributed by atoms with E-state index in [1.165, 1.54) is 17.0 Å². The number of fused-ring (bicyclic) bond motifs is 1. The second-order valence-electron chi connectivity index (χ2n) is 11.1. The minimum absolute atomic E-state index is 0.0459. The second-order valence-corrected chi connectivity index (χ2v) is 13.2. The third kappa shape index (κ3) is 7.01. The Kier molecular flexibility index (Phi) is 8.44. The Labute approximate surface area is 234 Å². The van der Waals surface area contributed by atoms with Gasteiger partial charge in [-0.1, -0.05) is 23.7 Å². The Bertz CT molecular complexity index is 1380. The molecule has 2 aromatic carbocycles. The molecule has 2 aliphatic heterocycles. The van der Waals surface area contributed by atoms with Crippen LogP contribution < -0.4 is 10.0 Å². The molecule has 10 nitrogen and oxygen atoms in total. The molecule has 2 aliphatic rings. The fourth-order valence-corrected chi connectivity index (χ4v) is 6.42. The molecule has 2 heterocycles. The molecule has 3 amide bonds. The number of halogens is 1. The second kappa shape index (κ2) is 11.3. The first-order valence-corrected chi connectivity index (χ1v) is 14.9. The van der Waals surface area contributed by atoms with Crippen LogP contribution in [0.4, 0.5) is 4.79 Å². The average molecular weight is 579 g/mol. The molecule has 0 radical (unpaired) electrons. The topological polar surface area (TPSA) is 125 Å². The third-order valence-electron chi connectivity index (χ3n) is 6.90. The fraction of sp³-hybridized carbons (Fsp3) is 0.519. The molecule has 2 aromatic rings. The molecule has 0 saturated carbocycles. The van der Waals surface area contributed by atoms with Crippen LogP contribution >= 0.6 is 11.6 Å². The summed E-state index contributed by atoms with van der Waals surface area (Å²) < 4.78 is 34.0. The molecule has 0 bridgehead atoms. The summed E-state index contributed by atoms with van der Waals surface area (Å²) >= 11 is 6.02. The number of likely N-dealkylation sites (tertiary alicyclic amines) is 2. The number of carbonyl (C=O) groups excluding carboxylic acids is 3. The van der Waals surface area contributed by atoms with Gasteiger partial charge in [0.05, 0.1) is 4.90 Å². The van der Waals surface area contributed by atoms with Crippen molar-refractivity contribution in [2.45, 2.75) is 75.6 Å². The number of piperidine rings is 1. The number of carbonyl (C=O) groups is 3. The lowest BCUT2D eigenvalue weighted by Gasteiger charge is -2.36. The highest BCUT2D eigenvalue weighted by molar-refractivity contribution is 7.89. The zero-order valence-electron chi connectivity index (χ0n) is 22.6. The molecule has 1 unspecified atom stereocenters. The van der Waals surface area contributed by atoms with Crippen molar-refractivity contribution < 1.29 is 27.5 Å². The maximum Gasteiger partial charge on any atom is 0.407 e. The van der Waals surface area contributed by atoms with E-state index in [-0.39, 0.29) is 29.8 Å². The van der Waals surface area contributed by atoms with E-state index in [0.29, 0.717) is 36.3 Å². The van der Waals surface area contributed by atoms with Crippen molar-refractivity contribution in [3.63, 3.8) is 0 Å². The molecule has 12 heteroatoms. The molecule has 212 valence electrons. The summed E-state index contributed by atoms with van der Waals surface area (Å²) in [6, 6.07) is 7.86. The first-order valence-electron chi connectivity index (χ1n) is 13.0. The van der Waals surface area contributed by atoms with Gasteiger partial charge in [-0.3, -0.25) is 9.59 Å². The molecule has 0 aliphatic carbocycles. The zero-order valence-corrected chi connectivity index (χ0v) is 24.1. The Morgan fingerprint density at radius 1 is 1.08 bits per heavy atom. The first kappa shape index (κ1) is 29.1. The van der Waals surface area contributed by atoms with Gasteiger partial charge in [0.25, 0.3) is 0 Å². The summed E-state index contributed by atoms with van der Waals surface area (Å²) in [4.78, 5) is 41.7. The third-order valence-corrected chi connectivity index (χ3v) is 8.60. The normalized spacial score (nSPS) is 21.2. The summed E-state index contributed by atoms with van der Waals surface area (Å²) in [6.45, 7) is 8.07. The van der Waals surface area contributed by atoms with Crippen molar-refractivity contribution >= 4 is 50.3 Å². The number of rotatable bonds is 6. The number of hydrogen-bond donors (Lipinski definition) is 2. The van der Waals surface area contributed by atoms with Crippen LogP contribution in [0.15, 0.2) is 41.3 Å². The fourth-order valence-electron chi connectivity index (χ4n) is 4.98. The van der Waals surface area contributed by atoms with E-state index in [2.05, 4.69) is 10.0 Å². The van der Waals surface area contributed by atoms with Crippen LogP contribution in [0.1, 0.15) is 47.0 Å². The smallest absolute Gasteiger partial charge is 0.407 e. The van der Waals surface area contributed by atoms with E-state index in [9.17, 15) is 22.8 Å². The summed E-state index contributed by atoms with van der Waals surface area (Å²) in [5, 5.41) is 4.89. The van der Waals surface area contributed by atoms with Crippen LogP contribution in [0.3, 0.4) is 0 Å². The predicted octanol–water partition coefficient (Wildman–Crippen LogP) is 3.28. The van der Waals surface area contributed by atoms with Crippen molar-refractivity contribution in [3.05, 3.63) is 41.4 Å². The van der Waals surface area contributed by atoms with Crippen LogP contribution in [0, 0.1) is 0 Å². The lowest BCUT2D eigenvalue weighted by Crippen LogP contribution is -2.55. The lowest BCUT2D eigenvalue weighted by atomic mass is 10.0. The summed E-state index contributed by atoms with van der Waals surface area (Å²) in [7, 11) is -3.98. The van der Waals surface area contributed by atoms with Gasteiger partial charge < -0.3 is 19.9 Å². The largest absolute Gasteiger partial charge is 0.444 e. The number of alkyl carbamates (subject to hydrolysis) is 1. The Morgan fingerprint density at radius 3 is 2.49 bits per heavy atom. The summed E-state index contributed by atoms with van der Waals surface area (Å²) in [5.41, 5.74) is -0.625. The van der Waals surface area contributed by atoms with Crippen molar-refractivity contribution in [2.24, 2.45) is 0 Å². The van der Waals surface area contributed by atoms with E-state index < -0.39 is 39.7 Å².